The number of nitro benzene ring substituents is 1. The maximum absolute atomic E-state index is 11.4. The first-order chi connectivity index (χ1) is 9.93. The van der Waals surface area contributed by atoms with E-state index in [0.29, 0.717) is 5.56 Å². The zero-order valence-corrected chi connectivity index (χ0v) is 10.5. The molecule has 2 rings (SSSR count). The SMILES string of the molecule is O=C(O)c1c(-c2ccccc2)ccc([N+](=O)[O-])c1C(=O)O. The van der Waals surface area contributed by atoms with Crippen molar-refractivity contribution in [2.24, 2.45) is 0 Å². The quantitative estimate of drug-likeness (QED) is 0.659. The number of rotatable bonds is 4. The molecule has 7 heteroatoms. The number of nitro groups is 1. The van der Waals surface area contributed by atoms with Crippen molar-refractivity contribution in [3.8, 4) is 11.1 Å². The highest BCUT2D eigenvalue weighted by atomic mass is 16.6. The molecule has 0 unspecified atom stereocenters. The Morgan fingerprint density at radius 1 is 0.905 bits per heavy atom. The van der Waals surface area contributed by atoms with E-state index < -0.39 is 33.7 Å². The minimum absolute atomic E-state index is 0.117. The molecule has 0 spiro atoms. The van der Waals surface area contributed by atoms with Crippen molar-refractivity contribution >= 4 is 17.6 Å². The predicted molar refractivity (Wildman–Crippen MR) is 72.5 cm³/mol. The highest BCUT2D eigenvalue weighted by molar-refractivity contribution is 6.09. The lowest BCUT2D eigenvalue weighted by Gasteiger charge is -2.09. The summed E-state index contributed by atoms with van der Waals surface area (Å²) in [4.78, 5) is 32.7. The van der Waals surface area contributed by atoms with Gasteiger partial charge in [0.25, 0.3) is 5.69 Å². The van der Waals surface area contributed by atoms with Crippen LogP contribution in [-0.4, -0.2) is 27.1 Å². The van der Waals surface area contributed by atoms with E-state index in [9.17, 15) is 24.8 Å². The van der Waals surface area contributed by atoms with Gasteiger partial charge in [-0.05, 0) is 17.2 Å². The largest absolute Gasteiger partial charge is 0.478 e. The van der Waals surface area contributed by atoms with Crippen LogP contribution in [0.3, 0.4) is 0 Å². The van der Waals surface area contributed by atoms with Gasteiger partial charge in [0, 0.05) is 6.07 Å². The van der Waals surface area contributed by atoms with E-state index >= 15 is 0 Å². The molecule has 0 aliphatic rings. The van der Waals surface area contributed by atoms with E-state index in [-0.39, 0.29) is 5.56 Å². The molecule has 0 aliphatic heterocycles. The summed E-state index contributed by atoms with van der Waals surface area (Å²) in [6.45, 7) is 0. The highest BCUT2D eigenvalue weighted by Crippen LogP contribution is 2.32. The van der Waals surface area contributed by atoms with Crippen LogP contribution < -0.4 is 0 Å². The molecule has 0 radical (unpaired) electrons. The summed E-state index contributed by atoms with van der Waals surface area (Å²) >= 11 is 0. The number of nitrogens with zero attached hydrogens (tertiary/aromatic N) is 1. The van der Waals surface area contributed by atoms with Gasteiger partial charge in [-0.15, -0.1) is 0 Å². The van der Waals surface area contributed by atoms with Crippen LogP contribution in [0.15, 0.2) is 42.5 Å². The maximum atomic E-state index is 11.4. The molecule has 7 nitrogen and oxygen atoms in total. The molecular weight excluding hydrogens is 278 g/mol. The number of carboxylic acids is 2. The number of carboxylic acid groups (broad SMARTS) is 2. The fourth-order valence-electron chi connectivity index (χ4n) is 2.04. The van der Waals surface area contributed by atoms with Gasteiger partial charge in [0.15, 0.2) is 5.56 Å². The fourth-order valence-corrected chi connectivity index (χ4v) is 2.04. The van der Waals surface area contributed by atoms with Gasteiger partial charge in [-0.3, -0.25) is 10.1 Å². The molecule has 0 saturated carbocycles. The van der Waals surface area contributed by atoms with E-state index in [2.05, 4.69) is 0 Å². The lowest BCUT2D eigenvalue weighted by atomic mass is 9.94. The van der Waals surface area contributed by atoms with Gasteiger partial charge in [-0.1, -0.05) is 30.3 Å². The molecule has 0 fully saturated rings. The Hall–Kier alpha value is -3.22. The third-order valence-electron chi connectivity index (χ3n) is 2.89. The first-order valence-electron chi connectivity index (χ1n) is 5.77. The molecule has 2 aromatic rings. The Kier molecular flexibility index (Phi) is 3.66. The number of carbonyl (C=O) groups is 2. The summed E-state index contributed by atoms with van der Waals surface area (Å²) in [7, 11) is 0. The fraction of sp³-hybridized carbons (Fsp3) is 0. The second kappa shape index (κ2) is 5.41. The summed E-state index contributed by atoms with van der Waals surface area (Å²) < 4.78 is 0. The van der Waals surface area contributed by atoms with Crippen LogP contribution in [0.1, 0.15) is 20.7 Å². The van der Waals surface area contributed by atoms with Crippen molar-refractivity contribution in [2.45, 2.75) is 0 Å². The van der Waals surface area contributed by atoms with Crippen molar-refractivity contribution in [2.75, 3.05) is 0 Å². The standard InChI is InChI=1S/C14H9NO6/c16-13(17)11-9(8-4-2-1-3-5-8)6-7-10(15(20)21)12(11)14(18)19/h1-7H,(H,16,17)(H,18,19). The summed E-state index contributed by atoms with van der Waals surface area (Å²) in [6, 6.07) is 10.5. The van der Waals surface area contributed by atoms with Gasteiger partial charge in [-0.2, -0.15) is 0 Å². The Bertz CT molecular complexity index is 739. The van der Waals surface area contributed by atoms with Gasteiger partial charge in [0.1, 0.15) is 0 Å². The van der Waals surface area contributed by atoms with Crippen molar-refractivity contribution in [1.82, 2.24) is 0 Å². The van der Waals surface area contributed by atoms with Gasteiger partial charge in [0.2, 0.25) is 0 Å². The van der Waals surface area contributed by atoms with E-state index in [1.165, 1.54) is 6.07 Å². The van der Waals surface area contributed by atoms with E-state index in [1.54, 1.807) is 30.3 Å². The molecule has 106 valence electrons. The van der Waals surface area contributed by atoms with E-state index in [4.69, 9.17) is 5.11 Å². The molecule has 0 saturated heterocycles. The van der Waals surface area contributed by atoms with Crippen molar-refractivity contribution < 1.29 is 24.7 Å². The average molecular weight is 287 g/mol. The Morgan fingerprint density at radius 3 is 1.95 bits per heavy atom. The zero-order chi connectivity index (χ0) is 15.6. The summed E-state index contributed by atoms with van der Waals surface area (Å²) in [5.41, 5.74) is -1.59. The molecule has 0 aliphatic carbocycles. The molecule has 0 bridgehead atoms. The lowest BCUT2D eigenvalue weighted by molar-refractivity contribution is -0.385. The zero-order valence-electron chi connectivity index (χ0n) is 10.5. The third-order valence-corrected chi connectivity index (χ3v) is 2.89. The van der Waals surface area contributed by atoms with Crippen LogP contribution in [0.25, 0.3) is 11.1 Å². The Morgan fingerprint density at radius 2 is 1.48 bits per heavy atom. The van der Waals surface area contributed by atoms with Crippen molar-refractivity contribution in [3.63, 3.8) is 0 Å². The van der Waals surface area contributed by atoms with E-state index in [1.807, 2.05) is 0 Å². The number of benzene rings is 2. The topological polar surface area (TPSA) is 118 Å². The molecular formula is C14H9NO6. The van der Waals surface area contributed by atoms with Gasteiger partial charge >= 0.3 is 11.9 Å². The maximum Gasteiger partial charge on any atom is 0.343 e. The van der Waals surface area contributed by atoms with Crippen LogP contribution in [0.4, 0.5) is 5.69 Å². The normalized spacial score (nSPS) is 10.1. The molecule has 21 heavy (non-hydrogen) atoms. The summed E-state index contributed by atoms with van der Waals surface area (Å²) in [5.74, 6) is -3.19. The smallest absolute Gasteiger partial charge is 0.343 e. The van der Waals surface area contributed by atoms with Crippen LogP contribution in [-0.2, 0) is 0 Å². The first kappa shape index (κ1) is 14.2. The van der Waals surface area contributed by atoms with Gasteiger partial charge in [0.05, 0.1) is 10.5 Å². The molecule has 2 N–H and O–H groups in total. The molecule has 0 aromatic heterocycles. The predicted octanol–water partition coefficient (Wildman–Crippen LogP) is 2.66. The van der Waals surface area contributed by atoms with Crippen LogP contribution in [0.2, 0.25) is 0 Å². The number of aromatic carboxylic acids is 2. The van der Waals surface area contributed by atoms with Crippen molar-refractivity contribution in [3.05, 3.63) is 63.7 Å². The number of hydrogen-bond donors (Lipinski definition) is 2. The highest BCUT2D eigenvalue weighted by Gasteiger charge is 2.30. The summed E-state index contributed by atoms with van der Waals surface area (Å²) in [6.07, 6.45) is 0. The first-order valence-corrected chi connectivity index (χ1v) is 5.77. The monoisotopic (exact) mass is 287 g/mol. The molecule has 0 heterocycles. The molecule has 2 aromatic carbocycles. The Balaban J connectivity index is 2.86. The second-order valence-corrected chi connectivity index (χ2v) is 4.12. The second-order valence-electron chi connectivity index (χ2n) is 4.12. The minimum atomic E-state index is -1.66. The number of hydrogen-bond acceptors (Lipinski definition) is 4. The van der Waals surface area contributed by atoms with Crippen molar-refractivity contribution in [1.29, 1.82) is 0 Å². The van der Waals surface area contributed by atoms with Crippen LogP contribution >= 0.6 is 0 Å². The third kappa shape index (κ3) is 2.57. The molecule has 0 amide bonds. The molecule has 0 atom stereocenters. The van der Waals surface area contributed by atoms with Gasteiger partial charge in [-0.25, -0.2) is 9.59 Å². The van der Waals surface area contributed by atoms with Crippen LogP contribution in [0.5, 0.6) is 0 Å². The lowest BCUT2D eigenvalue weighted by Crippen LogP contribution is -2.12. The average Bonchev–Trinajstić information content (AvgIpc) is 2.46. The van der Waals surface area contributed by atoms with E-state index in [0.717, 1.165) is 6.07 Å². The van der Waals surface area contributed by atoms with Crippen LogP contribution in [0, 0.1) is 10.1 Å². The van der Waals surface area contributed by atoms with Gasteiger partial charge < -0.3 is 10.2 Å². The minimum Gasteiger partial charge on any atom is -0.478 e. The summed E-state index contributed by atoms with van der Waals surface area (Å²) in [5, 5.41) is 29.3. The Labute approximate surface area is 118 Å².